The molecule has 3 aromatic rings. The highest BCUT2D eigenvalue weighted by atomic mass is 35.5. The van der Waals surface area contributed by atoms with Crippen molar-refractivity contribution in [2.45, 2.75) is 6.42 Å². The van der Waals surface area contributed by atoms with Crippen LogP contribution in [-0.4, -0.2) is 10.8 Å². The van der Waals surface area contributed by atoms with Crippen LogP contribution in [0.5, 0.6) is 0 Å². The zero-order chi connectivity index (χ0) is 14.8. The smallest absolute Gasteiger partial charge is 0.168 e. The lowest BCUT2D eigenvalue weighted by molar-refractivity contribution is 0.0993. The minimum Gasteiger partial charge on any atom is -0.294 e. The number of rotatable bonds is 3. The Morgan fingerprint density at radius 1 is 1.14 bits per heavy atom. The molecule has 0 unspecified atom stereocenters. The number of pyridine rings is 1. The molecule has 0 fully saturated rings. The van der Waals surface area contributed by atoms with Crippen molar-refractivity contribution in [3.8, 4) is 0 Å². The molecule has 0 aliphatic heterocycles. The van der Waals surface area contributed by atoms with E-state index in [4.69, 9.17) is 11.6 Å². The largest absolute Gasteiger partial charge is 0.294 e. The highest BCUT2D eigenvalue weighted by Crippen LogP contribution is 2.21. The molecule has 0 aliphatic rings. The second-order valence-electron chi connectivity index (χ2n) is 4.71. The molecule has 2 nitrogen and oxygen atoms in total. The summed E-state index contributed by atoms with van der Waals surface area (Å²) in [6.07, 6.45) is 1.65. The molecule has 3 rings (SSSR count). The summed E-state index contributed by atoms with van der Waals surface area (Å²) in [5.41, 5.74) is 1.59. The van der Waals surface area contributed by atoms with E-state index in [1.807, 2.05) is 12.1 Å². The quantitative estimate of drug-likeness (QED) is 0.669. The van der Waals surface area contributed by atoms with Gasteiger partial charge in [0.25, 0.3) is 0 Å². The molecule has 2 aromatic carbocycles. The SMILES string of the molecule is O=C(Cc1cc(Cl)ccc1F)c1cccc2ncccc12. The molecule has 0 amide bonds. The molecule has 0 atom stereocenters. The van der Waals surface area contributed by atoms with Gasteiger partial charge < -0.3 is 0 Å². The number of hydrogen-bond acceptors (Lipinski definition) is 2. The highest BCUT2D eigenvalue weighted by molar-refractivity contribution is 6.30. The predicted octanol–water partition coefficient (Wildman–Crippen LogP) is 4.45. The summed E-state index contributed by atoms with van der Waals surface area (Å²) in [5, 5.41) is 1.19. The molecule has 1 aromatic heterocycles. The zero-order valence-corrected chi connectivity index (χ0v) is 11.8. The Kier molecular flexibility index (Phi) is 3.67. The first-order valence-electron chi connectivity index (χ1n) is 6.46. The summed E-state index contributed by atoms with van der Waals surface area (Å²) in [6, 6.07) is 13.2. The lowest BCUT2D eigenvalue weighted by Crippen LogP contribution is -2.06. The van der Waals surface area contributed by atoms with E-state index in [9.17, 15) is 9.18 Å². The average molecular weight is 300 g/mol. The Morgan fingerprint density at radius 3 is 2.86 bits per heavy atom. The van der Waals surface area contributed by atoms with Crippen LogP contribution >= 0.6 is 11.6 Å². The first-order chi connectivity index (χ1) is 10.1. The molecule has 0 bridgehead atoms. The van der Waals surface area contributed by atoms with Crippen molar-refractivity contribution in [1.29, 1.82) is 0 Å². The second kappa shape index (κ2) is 5.62. The van der Waals surface area contributed by atoms with Crippen LogP contribution in [0.2, 0.25) is 5.02 Å². The fourth-order valence-corrected chi connectivity index (χ4v) is 2.49. The lowest BCUT2D eigenvalue weighted by atomic mass is 9.99. The fraction of sp³-hybridized carbons (Fsp3) is 0.0588. The molecule has 0 N–H and O–H groups in total. The maximum absolute atomic E-state index is 13.7. The van der Waals surface area contributed by atoms with Crippen LogP contribution in [0.1, 0.15) is 15.9 Å². The third kappa shape index (κ3) is 2.78. The van der Waals surface area contributed by atoms with E-state index in [0.717, 1.165) is 10.9 Å². The second-order valence-corrected chi connectivity index (χ2v) is 5.15. The minimum absolute atomic E-state index is 0.0274. The average Bonchev–Trinajstić information content (AvgIpc) is 2.50. The molecule has 1 heterocycles. The Labute approximate surface area is 126 Å². The van der Waals surface area contributed by atoms with Crippen LogP contribution in [0.25, 0.3) is 10.9 Å². The monoisotopic (exact) mass is 299 g/mol. The molecule has 0 radical (unpaired) electrons. The summed E-state index contributed by atoms with van der Waals surface area (Å²) in [5.74, 6) is -0.583. The van der Waals surface area contributed by atoms with Crippen LogP contribution < -0.4 is 0 Å². The van der Waals surface area contributed by atoms with Crippen LogP contribution in [0.15, 0.2) is 54.7 Å². The highest BCUT2D eigenvalue weighted by Gasteiger charge is 2.13. The van der Waals surface area contributed by atoms with Gasteiger partial charge in [-0.1, -0.05) is 29.8 Å². The number of benzene rings is 2. The van der Waals surface area contributed by atoms with Crippen molar-refractivity contribution < 1.29 is 9.18 Å². The van der Waals surface area contributed by atoms with Gasteiger partial charge in [-0.2, -0.15) is 0 Å². The fourth-order valence-electron chi connectivity index (χ4n) is 2.29. The van der Waals surface area contributed by atoms with Crippen molar-refractivity contribution in [2.75, 3.05) is 0 Å². The molecular formula is C17H11ClFNO. The Morgan fingerprint density at radius 2 is 2.00 bits per heavy atom. The molecule has 21 heavy (non-hydrogen) atoms. The van der Waals surface area contributed by atoms with E-state index >= 15 is 0 Å². The first-order valence-corrected chi connectivity index (χ1v) is 6.84. The van der Waals surface area contributed by atoms with Crippen molar-refractivity contribution >= 4 is 28.3 Å². The zero-order valence-electron chi connectivity index (χ0n) is 11.0. The van der Waals surface area contributed by atoms with Crippen LogP contribution in [0, 0.1) is 5.82 Å². The Balaban J connectivity index is 1.99. The number of Topliss-reactive ketones (excluding diaryl/α,β-unsaturated/α-hetero) is 1. The van der Waals surface area contributed by atoms with Gasteiger partial charge in [-0.3, -0.25) is 9.78 Å². The van der Waals surface area contributed by atoms with Gasteiger partial charge >= 0.3 is 0 Å². The van der Waals surface area contributed by atoms with Crippen molar-refractivity contribution in [3.63, 3.8) is 0 Å². The number of halogens is 2. The number of ketones is 1. The van der Waals surface area contributed by atoms with Gasteiger partial charge in [0.2, 0.25) is 0 Å². The number of carbonyl (C=O) groups excluding carboxylic acids is 1. The minimum atomic E-state index is -0.425. The van der Waals surface area contributed by atoms with E-state index in [0.29, 0.717) is 16.1 Å². The molecule has 4 heteroatoms. The summed E-state index contributed by atoms with van der Waals surface area (Å²) in [6.45, 7) is 0. The van der Waals surface area contributed by atoms with E-state index in [2.05, 4.69) is 4.98 Å². The van der Waals surface area contributed by atoms with Gasteiger partial charge in [0.1, 0.15) is 5.82 Å². The maximum atomic E-state index is 13.7. The number of nitrogens with zero attached hydrogens (tertiary/aromatic N) is 1. The summed E-state index contributed by atoms with van der Waals surface area (Å²) in [4.78, 5) is 16.7. The molecule has 0 spiro atoms. The van der Waals surface area contributed by atoms with Crippen LogP contribution in [-0.2, 0) is 6.42 Å². The van der Waals surface area contributed by atoms with Crippen molar-refractivity contribution in [1.82, 2.24) is 4.98 Å². The van der Waals surface area contributed by atoms with Crippen molar-refractivity contribution in [3.05, 3.63) is 76.7 Å². The van der Waals surface area contributed by atoms with Gasteiger partial charge in [0, 0.05) is 28.6 Å². The first kappa shape index (κ1) is 13.7. The number of fused-ring (bicyclic) bond motifs is 1. The van der Waals surface area contributed by atoms with Gasteiger partial charge in [0.05, 0.1) is 5.52 Å². The number of carbonyl (C=O) groups is 1. The lowest BCUT2D eigenvalue weighted by Gasteiger charge is -2.06. The van der Waals surface area contributed by atoms with Crippen molar-refractivity contribution in [2.24, 2.45) is 0 Å². The normalized spacial score (nSPS) is 10.8. The molecule has 0 saturated carbocycles. The van der Waals surface area contributed by atoms with Gasteiger partial charge in [-0.05, 0) is 35.9 Å². The Hall–Kier alpha value is -2.26. The molecule has 0 saturated heterocycles. The summed E-state index contributed by atoms with van der Waals surface area (Å²) >= 11 is 5.85. The third-order valence-corrected chi connectivity index (χ3v) is 3.54. The van der Waals surface area contributed by atoms with E-state index in [1.54, 1.807) is 24.4 Å². The molecular weight excluding hydrogens is 289 g/mol. The van der Waals surface area contributed by atoms with Gasteiger partial charge in [-0.25, -0.2) is 4.39 Å². The van der Waals surface area contributed by atoms with E-state index in [-0.39, 0.29) is 12.2 Å². The number of aromatic nitrogens is 1. The van der Waals surface area contributed by atoms with Crippen LogP contribution in [0.4, 0.5) is 4.39 Å². The third-order valence-electron chi connectivity index (χ3n) is 3.30. The Bertz CT molecular complexity index is 827. The topological polar surface area (TPSA) is 30.0 Å². The van der Waals surface area contributed by atoms with Gasteiger partial charge in [0.15, 0.2) is 5.78 Å². The molecule has 0 aliphatic carbocycles. The standard InChI is InChI=1S/C17H11ClFNO/c18-12-6-7-15(19)11(9-12)10-17(21)14-3-1-5-16-13(14)4-2-8-20-16/h1-9H,10H2. The van der Waals surface area contributed by atoms with E-state index in [1.165, 1.54) is 18.2 Å². The molecule has 104 valence electrons. The van der Waals surface area contributed by atoms with Gasteiger partial charge in [-0.15, -0.1) is 0 Å². The summed E-state index contributed by atoms with van der Waals surface area (Å²) < 4.78 is 13.7. The van der Waals surface area contributed by atoms with Crippen LogP contribution in [0.3, 0.4) is 0 Å². The summed E-state index contributed by atoms with van der Waals surface area (Å²) in [7, 11) is 0. The predicted molar refractivity (Wildman–Crippen MR) is 81.2 cm³/mol. The number of hydrogen-bond donors (Lipinski definition) is 0. The van der Waals surface area contributed by atoms with E-state index < -0.39 is 5.82 Å². The maximum Gasteiger partial charge on any atom is 0.168 e.